The number of carbonyl (C=O) groups excluding carboxylic acids is 1. The van der Waals surface area contributed by atoms with Crippen molar-refractivity contribution < 1.29 is 9.53 Å². The van der Waals surface area contributed by atoms with E-state index < -0.39 is 0 Å². The molecule has 1 aromatic rings. The van der Waals surface area contributed by atoms with Gasteiger partial charge >= 0.3 is 0 Å². The molecule has 0 radical (unpaired) electrons. The summed E-state index contributed by atoms with van der Waals surface area (Å²) in [6, 6.07) is 6.07. The highest BCUT2D eigenvalue weighted by Gasteiger charge is 2.15. The first-order valence-electron chi connectivity index (χ1n) is 8.65. The first-order valence-corrected chi connectivity index (χ1v) is 8.65. The van der Waals surface area contributed by atoms with Crippen LogP contribution in [-0.2, 0) is 11.2 Å². The van der Waals surface area contributed by atoms with E-state index >= 15 is 0 Å². The Bertz CT molecular complexity index is 583. The normalized spacial score (nSPS) is 21.2. The van der Waals surface area contributed by atoms with Gasteiger partial charge < -0.3 is 15.0 Å². The fraction of sp³-hybridized carbons (Fsp3) is 0.526. The molecule has 0 bridgehead atoms. The topological polar surface area (TPSA) is 41.6 Å². The summed E-state index contributed by atoms with van der Waals surface area (Å²) in [7, 11) is 0. The Morgan fingerprint density at radius 2 is 2.39 bits per heavy atom. The van der Waals surface area contributed by atoms with Crippen molar-refractivity contribution in [1.82, 2.24) is 10.2 Å². The van der Waals surface area contributed by atoms with Crippen LogP contribution in [0.5, 0.6) is 5.75 Å². The molecule has 0 spiro atoms. The van der Waals surface area contributed by atoms with E-state index in [2.05, 4.69) is 23.2 Å². The van der Waals surface area contributed by atoms with E-state index in [0.29, 0.717) is 6.54 Å². The quantitative estimate of drug-likeness (QED) is 0.849. The second kappa shape index (κ2) is 7.64. The van der Waals surface area contributed by atoms with Gasteiger partial charge in [0.2, 0.25) is 5.91 Å². The summed E-state index contributed by atoms with van der Waals surface area (Å²) in [4.78, 5) is 14.4. The van der Waals surface area contributed by atoms with Crippen LogP contribution in [0.2, 0.25) is 0 Å². The lowest BCUT2D eigenvalue weighted by Crippen LogP contribution is -2.39. The number of hydrogen-bond donors (Lipinski definition) is 1. The molecule has 1 aromatic carbocycles. The lowest BCUT2D eigenvalue weighted by Gasteiger charge is -2.30. The van der Waals surface area contributed by atoms with Crippen molar-refractivity contribution in [3.05, 3.63) is 35.4 Å². The third-order valence-electron chi connectivity index (χ3n) is 4.61. The Balaban J connectivity index is 1.42. The van der Waals surface area contributed by atoms with Gasteiger partial charge in [-0.3, -0.25) is 4.79 Å². The van der Waals surface area contributed by atoms with Gasteiger partial charge in [0.15, 0.2) is 0 Å². The Morgan fingerprint density at radius 1 is 1.48 bits per heavy atom. The zero-order valence-electron chi connectivity index (χ0n) is 13.9. The van der Waals surface area contributed by atoms with Crippen molar-refractivity contribution in [2.24, 2.45) is 5.92 Å². The van der Waals surface area contributed by atoms with Crippen molar-refractivity contribution in [2.45, 2.75) is 26.2 Å². The maximum absolute atomic E-state index is 11.9. The fourth-order valence-electron chi connectivity index (χ4n) is 3.37. The SMILES string of the molecule is CC1CCCN(CCNC(=O)/C=C/c2ccc3c(c2)CCO3)C1. The molecule has 0 aliphatic carbocycles. The van der Waals surface area contributed by atoms with Crippen LogP contribution >= 0.6 is 0 Å². The summed E-state index contributed by atoms with van der Waals surface area (Å²) in [5.74, 6) is 1.73. The number of nitrogens with zero attached hydrogens (tertiary/aromatic N) is 1. The second-order valence-corrected chi connectivity index (χ2v) is 6.64. The van der Waals surface area contributed by atoms with Gasteiger partial charge in [0, 0.05) is 32.1 Å². The first kappa shape index (κ1) is 16.1. The fourth-order valence-corrected chi connectivity index (χ4v) is 3.37. The third-order valence-corrected chi connectivity index (χ3v) is 4.61. The molecule has 4 nitrogen and oxygen atoms in total. The minimum absolute atomic E-state index is 0.0215. The lowest BCUT2D eigenvalue weighted by molar-refractivity contribution is -0.116. The number of rotatable bonds is 5. The average molecular weight is 314 g/mol. The maximum Gasteiger partial charge on any atom is 0.244 e. The van der Waals surface area contributed by atoms with Crippen LogP contribution in [0.4, 0.5) is 0 Å². The third kappa shape index (κ3) is 4.58. The highest BCUT2D eigenvalue weighted by atomic mass is 16.5. The van der Waals surface area contributed by atoms with Gasteiger partial charge in [-0.05, 0) is 54.6 Å². The van der Waals surface area contributed by atoms with E-state index in [1.807, 2.05) is 18.2 Å². The van der Waals surface area contributed by atoms with E-state index in [9.17, 15) is 4.79 Å². The van der Waals surface area contributed by atoms with E-state index in [4.69, 9.17) is 4.74 Å². The van der Waals surface area contributed by atoms with E-state index in [0.717, 1.165) is 49.9 Å². The molecule has 3 rings (SSSR count). The number of carbonyl (C=O) groups is 1. The summed E-state index contributed by atoms with van der Waals surface area (Å²) in [6.45, 7) is 7.04. The van der Waals surface area contributed by atoms with E-state index in [1.165, 1.54) is 18.4 Å². The molecule has 1 amide bonds. The number of nitrogens with one attached hydrogen (secondary N) is 1. The predicted octanol–water partition coefficient (Wildman–Crippen LogP) is 2.48. The predicted molar refractivity (Wildman–Crippen MR) is 92.5 cm³/mol. The minimum Gasteiger partial charge on any atom is -0.493 e. The van der Waals surface area contributed by atoms with Gasteiger partial charge in [0.1, 0.15) is 5.75 Å². The second-order valence-electron chi connectivity index (χ2n) is 6.64. The molecule has 124 valence electrons. The molecule has 1 unspecified atom stereocenters. The summed E-state index contributed by atoms with van der Waals surface area (Å²) >= 11 is 0. The van der Waals surface area contributed by atoms with Crippen LogP contribution in [0.25, 0.3) is 6.08 Å². The highest BCUT2D eigenvalue weighted by Crippen LogP contribution is 2.26. The number of fused-ring (bicyclic) bond motifs is 1. The van der Waals surface area contributed by atoms with Gasteiger partial charge in [-0.25, -0.2) is 0 Å². The van der Waals surface area contributed by atoms with Crippen LogP contribution in [-0.4, -0.2) is 43.6 Å². The summed E-state index contributed by atoms with van der Waals surface area (Å²) < 4.78 is 5.49. The minimum atomic E-state index is -0.0215. The van der Waals surface area contributed by atoms with E-state index in [1.54, 1.807) is 6.08 Å². The average Bonchev–Trinajstić information content (AvgIpc) is 3.00. The molecule has 1 saturated heterocycles. The first-order chi connectivity index (χ1) is 11.2. The summed E-state index contributed by atoms with van der Waals surface area (Å²) in [5, 5.41) is 2.98. The monoisotopic (exact) mass is 314 g/mol. The van der Waals surface area contributed by atoms with Gasteiger partial charge in [0.25, 0.3) is 0 Å². The molecule has 1 N–H and O–H groups in total. The Kier molecular flexibility index (Phi) is 5.34. The zero-order valence-corrected chi connectivity index (χ0v) is 13.9. The van der Waals surface area contributed by atoms with Crippen LogP contribution in [0.3, 0.4) is 0 Å². The highest BCUT2D eigenvalue weighted by molar-refractivity contribution is 5.91. The largest absolute Gasteiger partial charge is 0.493 e. The lowest BCUT2D eigenvalue weighted by atomic mass is 10.0. The molecule has 4 heteroatoms. The molecule has 1 fully saturated rings. The molecular weight excluding hydrogens is 288 g/mol. The number of hydrogen-bond acceptors (Lipinski definition) is 3. The van der Waals surface area contributed by atoms with Gasteiger partial charge in [-0.2, -0.15) is 0 Å². The molecule has 2 aliphatic heterocycles. The van der Waals surface area contributed by atoms with Crippen molar-refractivity contribution in [2.75, 3.05) is 32.8 Å². The molecule has 2 aliphatic rings. The molecule has 2 heterocycles. The summed E-state index contributed by atoms with van der Waals surface area (Å²) in [6.07, 6.45) is 7.05. The van der Waals surface area contributed by atoms with Crippen LogP contribution < -0.4 is 10.1 Å². The van der Waals surface area contributed by atoms with Crippen LogP contribution in [0.1, 0.15) is 30.9 Å². The number of benzene rings is 1. The van der Waals surface area contributed by atoms with Gasteiger partial charge in [-0.1, -0.05) is 13.0 Å². The van der Waals surface area contributed by atoms with Gasteiger partial charge in [0.05, 0.1) is 6.61 Å². The Labute approximate surface area is 138 Å². The van der Waals surface area contributed by atoms with Gasteiger partial charge in [-0.15, -0.1) is 0 Å². The number of amides is 1. The van der Waals surface area contributed by atoms with Crippen LogP contribution in [0, 0.1) is 5.92 Å². The van der Waals surface area contributed by atoms with Crippen molar-refractivity contribution in [3.8, 4) is 5.75 Å². The van der Waals surface area contributed by atoms with Crippen molar-refractivity contribution >= 4 is 12.0 Å². The number of likely N-dealkylation sites (tertiary alicyclic amines) is 1. The van der Waals surface area contributed by atoms with Crippen LogP contribution in [0.15, 0.2) is 24.3 Å². The molecule has 1 atom stereocenters. The zero-order chi connectivity index (χ0) is 16.1. The molecular formula is C19H26N2O2. The van der Waals surface area contributed by atoms with Crippen molar-refractivity contribution in [1.29, 1.82) is 0 Å². The molecule has 23 heavy (non-hydrogen) atoms. The van der Waals surface area contributed by atoms with E-state index in [-0.39, 0.29) is 5.91 Å². The maximum atomic E-state index is 11.9. The number of piperidine rings is 1. The summed E-state index contributed by atoms with van der Waals surface area (Å²) in [5.41, 5.74) is 2.28. The number of ether oxygens (including phenoxy) is 1. The Morgan fingerprint density at radius 3 is 3.26 bits per heavy atom. The molecule has 0 saturated carbocycles. The standard InChI is InChI=1S/C19H26N2O2/c1-15-3-2-10-21(14-15)11-9-20-19(22)7-5-16-4-6-18-17(13-16)8-12-23-18/h4-7,13,15H,2-3,8-12,14H2,1H3,(H,20,22)/b7-5+. The molecule has 0 aromatic heterocycles. The smallest absolute Gasteiger partial charge is 0.244 e. The Hall–Kier alpha value is -1.81. The van der Waals surface area contributed by atoms with Crippen molar-refractivity contribution in [3.63, 3.8) is 0 Å².